The number of hydrogen-bond acceptors (Lipinski definition) is 1. The molecule has 0 saturated carbocycles. The average Bonchev–Trinajstić information content (AvgIpc) is 2.81. The van der Waals surface area contributed by atoms with Crippen molar-refractivity contribution in [1.82, 2.24) is 9.78 Å². The van der Waals surface area contributed by atoms with Gasteiger partial charge in [0.05, 0.1) is 23.1 Å². The summed E-state index contributed by atoms with van der Waals surface area (Å²) in [5.41, 5.74) is 1.07. The largest absolute Gasteiger partial charge is 0.418 e. The molecule has 2 aromatic rings. The van der Waals surface area contributed by atoms with Crippen LogP contribution in [0.15, 0.2) is 30.5 Å². The highest BCUT2D eigenvalue weighted by molar-refractivity contribution is 9.08. The summed E-state index contributed by atoms with van der Waals surface area (Å²) in [6.45, 7) is 3.98. The van der Waals surface area contributed by atoms with Gasteiger partial charge < -0.3 is 0 Å². The number of rotatable bonds is 3. The van der Waals surface area contributed by atoms with E-state index in [2.05, 4.69) is 21.0 Å². The molecule has 0 unspecified atom stereocenters. The predicted octanol–water partition coefficient (Wildman–Crippen LogP) is 4.91. The zero-order chi connectivity index (χ0) is 14.9. The second kappa shape index (κ2) is 5.60. The maximum absolute atomic E-state index is 13.1. The van der Waals surface area contributed by atoms with Crippen LogP contribution in [-0.2, 0) is 11.5 Å². The molecule has 1 heterocycles. The number of para-hydroxylation sites is 1. The Kier molecular flexibility index (Phi) is 4.22. The van der Waals surface area contributed by atoms with E-state index in [1.807, 2.05) is 13.8 Å². The topological polar surface area (TPSA) is 17.8 Å². The van der Waals surface area contributed by atoms with Crippen molar-refractivity contribution in [3.63, 3.8) is 0 Å². The van der Waals surface area contributed by atoms with Crippen LogP contribution in [0.1, 0.15) is 36.6 Å². The van der Waals surface area contributed by atoms with Crippen LogP contribution in [0.3, 0.4) is 0 Å². The molecule has 1 aromatic carbocycles. The van der Waals surface area contributed by atoms with E-state index < -0.39 is 11.7 Å². The summed E-state index contributed by atoms with van der Waals surface area (Å²) in [5.74, 6) is 0.203. The maximum Gasteiger partial charge on any atom is 0.418 e. The normalized spacial score (nSPS) is 12.2. The summed E-state index contributed by atoms with van der Waals surface area (Å²) in [7, 11) is 0. The van der Waals surface area contributed by atoms with Gasteiger partial charge in [-0.25, -0.2) is 4.68 Å². The van der Waals surface area contributed by atoms with Crippen molar-refractivity contribution in [1.29, 1.82) is 0 Å². The SMILES string of the molecule is CC(C)c1cnn(-c2ccccc2C(F)(F)F)c1CBr. The van der Waals surface area contributed by atoms with E-state index in [9.17, 15) is 13.2 Å². The second-order valence-electron chi connectivity index (χ2n) is 4.76. The molecule has 0 atom stereocenters. The first-order chi connectivity index (χ1) is 9.36. The lowest BCUT2D eigenvalue weighted by molar-refractivity contribution is -0.137. The molecule has 6 heteroatoms. The van der Waals surface area contributed by atoms with Crippen LogP contribution in [0.25, 0.3) is 5.69 Å². The summed E-state index contributed by atoms with van der Waals surface area (Å²) >= 11 is 3.34. The number of aromatic nitrogens is 2. The van der Waals surface area contributed by atoms with Crippen molar-refractivity contribution in [2.75, 3.05) is 0 Å². The summed E-state index contributed by atoms with van der Waals surface area (Å²) in [4.78, 5) is 0. The van der Waals surface area contributed by atoms with Gasteiger partial charge in [0.25, 0.3) is 0 Å². The van der Waals surface area contributed by atoms with E-state index in [1.165, 1.54) is 16.8 Å². The molecule has 0 radical (unpaired) electrons. The number of halogens is 4. The number of nitrogens with zero attached hydrogens (tertiary/aromatic N) is 2. The fraction of sp³-hybridized carbons (Fsp3) is 0.357. The Balaban J connectivity index is 2.64. The average molecular weight is 347 g/mol. The van der Waals surface area contributed by atoms with Gasteiger partial charge in [0.15, 0.2) is 0 Å². The Morgan fingerprint density at radius 3 is 2.45 bits per heavy atom. The van der Waals surface area contributed by atoms with E-state index in [0.717, 1.165) is 17.3 Å². The molecule has 0 aliphatic heterocycles. The minimum absolute atomic E-state index is 0.0568. The smallest absolute Gasteiger partial charge is 0.236 e. The number of hydrogen-bond donors (Lipinski definition) is 0. The van der Waals surface area contributed by atoms with Gasteiger partial charge in [0, 0.05) is 5.33 Å². The lowest BCUT2D eigenvalue weighted by Crippen LogP contribution is -2.13. The first-order valence-electron chi connectivity index (χ1n) is 6.15. The van der Waals surface area contributed by atoms with Gasteiger partial charge >= 0.3 is 6.18 Å². The van der Waals surface area contributed by atoms with Crippen molar-refractivity contribution in [3.05, 3.63) is 47.3 Å². The Morgan fingerprint density at radius 2 is 1.90 bits per heavy atom. The summed E-state index contributed by atoms with van der Waals surface area (Å²) in [6, 6.07) is 5.47. The molecule has 0 N–H and O–H groups in total. The van der Waals surface area contributed by atoms with Gasteiger partial charge in [-0.05, 0) is 23.6 Å². The maximum atomic E-state index is 13.1. The van der Waals surface area contributed by atoms with Crippen LogP contribution in [-0.4, -0.2) is 9.78 Å². The van der Waals surface area contributed by atoms with Crippen molar-refractivity contribution < 1.29 is 13.2 Å². The number of benzene rings is 1. The van der Waals surface area contributed by atoms with Crippen molar-refractivity contribution in [2.24, 2.45) is 0 Å². The van der Waals surface area contributed by atoms with Gasteiger partial charge in [-0.1, -0.05) is 41.9 Å². The highest BCUT2D eigenvalue weighted by Gasteiger charge is 2.34. The van der Waals surface area contributed by atoms with Crippen molar-refractivity contribution in [3.8, 4) is 5.69 Å². The third kappa shape index (κ3) is 2.75. The van der Waals surface area contributed by atoms with E-state index in [4.69, 9.17) is 0 Å². The zero-order valence-electron chi connectivity index (χ0n) is 11.1. The van der Waals surface area contributed by atoms with Crippen LogP contribution >= 0.6 is 15.9 Å². The Morgan fingerprint density at radius 1 is 1.25 bits per heavy atom. The lowest BCUT2D eigenvalue weighted by atomic mass is 10.0. The molecular weight excluding hydrogens is 333 g/mol. The van der Waals surface area contributed by atoms with Crippen molar-refractivity contribution >= 4 is 15.9 Å². The van der Waals surface area contributed by atoms with Crippen LogP contribution in [0.2, 0.25) is 0 Å². The monoisotopic (exact) mass is 346 g/mol. The molecule has 0 saturated heterocycles. The second-order valence-corrected chi connectivity index (χ2v) is 5.32. The Hall–Kier alpha value is -1.30. The van der Waals surface area contributed by atoms with Gasteiger partial charge in [-0.3, -0.25) is 0 Å². The van der Waals surface area contributed by atoms with Crippen molar-refractivity contribution in [2.45, 2.75) is 31.3 Å². The number of alkyl halides is 4. The van der Waals surface area contributed by atoms with Gasteiger partial charge in [-0.2, -0.15) is 18.3 Å². The van der Waals surface area contributed by atoms with Crippen LogP contribution < -0.4 is 0 Å². The first-order valence-corrected chi connectivity index (χ1v) is 7.27. The van der Waals surface area contributed by atoms with Crippen LogP contribution in [0, 0.1) is 0 Å². The van der Waals surface area contributed by atoms with Crippen LogP contribution in [0.5, 0.6) is 0 Å². The molecule has 20 heavy (non-hydrogen) atoms. The molecule has 0 aliphatic rings. The quantitative estimate of drug-likeness (QED) is 0.722. The first kappa shape index (κ1) is 15.1. The molecule has 0 aliphatic carbocycles. The summed E-state index contributed by atoms with van der Waals surface area (Å²) in [6.07, 6.45) is -2.77. The molecule has 0 amide bonds. The molecule has 0 bridgehead atoms. The lowest BCUT2D eigenvalue weighted by Gasteiger charge is -2.15. The highest BCUT2D eigenvalue weighted by atomic mass is 79.9. The molecule has 108 valence electrons. The molecule has 1 aromatic heterocycles. The highest BCUT2D eigenvalue weighted by Crippen LogP contribution is 2.35. The molecule has 2 nitrogen and oxygen atoms in total. The van der Waals surface area contributed by atoms with E-state index in [0.29, 0.717) is 5.33 Å². The van der Waals surface area contributed by atoms with E-state index in [-0.39, 0.29) is 11.6 Å². The van der Waals surface area contributed by atoms with Gasteiger partial charge in [0.2, 0.25) is 0 Å². The predicted molar refractivity (Wildman–Crippen MR) is 75.3 cm³/mol. The van der Waals surface area contributed by atoms with E-state index >= 15 is 0 Å². The fourth-order valence-electron chi connectivity index (χ4n) is 2.11. The molecule has 0 fully saturated rings. The molecular formula is C14H14BrF3N2. The third-order valence-electron chi connectivity index (χ3n) is 3.09. The van der Waals surface area contributed by atoms with E-state index in [1.54, 1.807) is 12.3 Å². The van der Waals surface area contributed by atoms with Crippen LogP contribution in [0.4, 0.5) is 13.2 Å². The third-order valence-corrected chi connectivity index (χ3v) is 3.62. The van der Waals surface area contributed by atoms with Gasteiger partial charge in [0.1, 0.15) is 0 Å². The zero-order valence-corrected chi connectivity index (χ0v) is 12.7. The summed E-state index contributed by atoms with van der Waals surface area (Å²) in [5, 5.41) is 4.59. The molecule has 2 rings (SSSR count). The Bertz CT molecular complexity index is 603. The molecule has 0 spiro atoms. The van der Waals surface area contributed by atoms with Gasteiger partial charge in [-0.15, -0.1) is 0 Å². The minimum atomic E-state index is -4.40. The fourth-order valence-corrected chi connectivity index (χ4v) is 2.67. The minimum Gasteiger partial charge on any atom is -0.236 e. The standard InChI is InChI=1S/C14H14BrF3N2/c1-9(2)10-8-19-20(13(10)7-15)12-6-4-3-5-11(12)14(16,17)18/h3-6,8-9H,7H2,1-2H3. The Labute approximate surface area is 123 Å². The summed E-state index contributed by atoms with van der Waals surface area (Å²) < 4.78 is 40.6.